The van der Waals surface area contributed by atoms with Gasteiger partial charge in [-0.3, -0.25) is 0 Å². The van der Waals surface area contributed by atoms with Crippen molar-refractivity contribution in [3.05, 3.63) is 52.6 Å². The highest BCUT2D eigenvalue weighted by Gasteiger charge is 2.02. The van der Waals surface area contributed by atoms with Crippen LogP contribution in [0.2, 0.25) is 0 Å². The van der Waals surface area contributed by atoms with Crippen LogP contribution >= 0.6 is 0 Å². The van der Waals surface area contributed by atoms with Crippen molar-refractivity contribution in [2.24, 2.45) is 5.11 Å². The summed E-state index contributed by atoms with van der Waals surface area (Å²) in [6.45, 7) is 1.89. The van der Waals surface area contributed by atoms with Crippen LogP contribution in [0, 0.1) is 6.92 Å². The summed E-state index contributed by atoms with van der Waals surface area (Å²) in [7, 11) is 0. The average Bonchev–Trinajstić information content (AvgIpc) is 2.66. The minimum atomic E-state index is 0.587. The first-order chi connectivity index (χ1) is 7.29. The second-order valence-electron chi connectivity index (χ2n) is 3.15. The van der Waals surface area contributed by atoms with Crippen LogP contribution < -0.4 is 0 Å². The van der Waals surface area contributed by atoms with Crippen LogP contribution in [-0.4, -0.2) is 0 Å². The minimum absolute atomic E-state index is 0.587. The third kappa shape index (κ3) is 2.00. The predicted octanol–water partition coefficient (Wildman–Crippen LogP) is 4.20. The van der Waals surface area contributed by atoms with Gasteiger partial charge < -0.3 is 4.42 Å². The minimum Gasteiger partial charge on any atom is -0.461 e. The lowest BCUT2D eigenvalue weighted by Crippen LogP contribution is -1.72. The second kappa shape index (κ2) is 3.90. The summed E-state index contributed by atoms with van der Waals surface area (Å²) in [4.78, 5) is 2.74. The molecular weight excluding hydrogens is 190 g/mol. The molecule has 1 aromatic heterocycles. The number of rotatable bonds is 2. The van der Waals surface area contributed by atoms with Crippen molar-refractivity contribution in [2.45, 2.75) is 6.92 Å². The number of aryl methyl sites for hydroxylation is 1. The standard InChI is InChI=1S/C11H9N3O/c1-8-5-6-11(15-8)9-3-2-4-10(7-9)13-14-12/h2-7H,1H3. The molecule has 1 heterocycles. The van der Waals surface area contributed by atoms with Crippen LogP contribution in [-0.2, 0) is 0 Å². The van der Waals surface area contributed by atoms with Gasteiger partial charge in [0.2, 0.25) is 0 Å². The summed E-state index contributed by atoms with van der Waals surface area (Å²) < 4.78 is 5.47. The molecule has 0 fully saturated rings. The smallest absolute Gasteiger partial charge is 0.134 e. The summed E-state index contributed by atoms with van der Waals surface area (Å²) in [5.41, 5.74) is 9.82. The molecule has 0 aliphatic rings. The summed E-state index contributed by atoms with van der Waals surface area (Å²) in [6.07, 6.45) is 0. The van der Waals surface area contributed by atoms with Gasteiger partial charge in [0.25, 0.3) is 0 Å². The van der Waals surface area contributed by atoms with E-state index >= 15 is 0 Å². The Labute approximate surface area is 86.8 Å². The summed E-state index contributed by atoms with van der Waals surface area (Å²) in [5, 5.41) is 3.54. The molecule has 1 aromatic carbocycles. The number of nitrogens with zero attached hydrogens (tertiary/aromatic N) is 3. The highest BCUT2D eigenvalue weighted by molar-refractivity contribution is 5.62. The molecule has 2 aromatic rings. The summed E-state index contributed by atoms with van der Waals surface area (Å²) >= 11 is 0. The Morgan fingerprint density at radius 2 is 2.13 bits per heavy atom. The molecule has 0 amide bonds. The number of benzene rings is 1. The Bertz CT molecular complexity index is 524. The summed E-state index contributed by atoms with van der Waals surface area (Å²) in [5.74, 6) is 1.64. The molecule has 0 saturated heterocycles. The van der Waals surface area contributed by atoms with E-state index in [0.717, 1.165) is 17.1 Å². The van der Waals surface area contributed by atoms with Gasteiger partial charge in [-0.15, -0.1) is 0 Å². The van der Waals surface area contributed by atoms with Crippen molar-refractivity contribution in [3.63, 3.8) is 0 Å². The fourth-order valence-electron chi connectivity index (χ4n) is 1.36. The van der Waals surface area contributed by atoms with E-state index in [-0.39, 0.29) is 0 Å². The number of hydrogen-bond donors (Lipinski definition) is 0. The molecule has 0 aliphatic carbocycles. The largest absolute Gasteiger partial charge is 0.461 e. The van der Waals surface area contributed by atoms with E-state index in [1.54, 1.807) is 12.1 Å². The van der Waals surface area contributed by atoms with Gasteiger partial charge in [-0.2, -0.15) is 0 Å². The zero-order valence-electron chi connectivity index (χ0n) is 8.21. The van der Waals surface area contributed by atoms with Gasteiger partial charge in [-0.25, -0.2) is 0 Å². The summed E-state index contributed by atoms with van der Waals surface area (Å²) in [6, 6.07) is 11.1. The van der Waals surface area contributed by atoms with Crippen molar-refractivity contribution < 1.29 is 4.42 Å². The fourth-order valence-corrected chi connectivity index (χ4v) is 1.36. The molecule has 15 heavy (non-hydrogen) atoms. The molecule has 4 heteroatoms. The lowest BCUT2D eigenvalue weighted by Gasteiger charge is -1.97. The van der Waals surface area contributed by atoms with E-state index in [4.69, 9.17) is 9.95 Å². The van der Waals surface area contributed by atoms with Gasteiger partial charge in [0.1, 0.15) is 11.5 Å². The first kappa shape index (κ1) is 9.37. The van der Waals surface area contributed by atoms with Crippen LogP contribution in [0.4, 0.5) is 5.69 Å². The number of azide groups is 1. The molecule has 0 radical (unpaired) electrons. The molecule has 0 aliphatic heterocycles. The Morgan fingerprint density at radius 3 is 2.80 bits per heavy atom. The molecule has 74 valence electrons. The fraction of sp³-hybridized carbons (Fsp3) is 0.0909. The van der Waals surface area contributed by atoms with E-state index in [2.05, 4.69) is 10.0 Å². The SMILES string of the molecule is Cc1ccc(-c2cccc(N=[N+]=[N-])c2)o1. The molecule has 0 atom stereocenters. The van der Waals surface area contributed by atoms with Crippen molar-refractivity contribution in [1.29, 1.82) is 0 Å². The van der Waals surface area contributed by atoms with E-state index in [9.17, 15) is 0 Å². The molecule has 4 nitrogen and oxygen atoms in total. The normalized spacial score (nSPS) is 9.67. The van der Waals surface area contributed by atoms with E-state index in [1.165, 1.54) is 0 Å². The van der Waals surface area contributed by atoms with E-state index in [0.29, 0.717) is 5.69 Å². The van der Waals surface area contributed by atoms with Gasteiger partial charge in [0, 0.05) is 16.2 Å². The first-order valence-corrected chi connectivity index (χ1v) is 4.51. The molecule has 0 bridgehead atoms. The van der Waals surface area contributed by atoms with E-state index in [1.807, 2.05) is 31.2 Å². The first-order valence-electron chi connectivity index (χ1n) is 4.51. The topological polar surface area (TPSA) is 61.9 Å². The van der Waals surface area contributed by atoms with Gasteiger partial charge >= 0.3 is 0 Å². The molecule has 0 N–H and O–H groups in total. The zero-order chi connectivity index (χ0) is 10.7. The van der Waals surface area contributed by atoms with Crippen LogP contribution in [0.5, 0.6) is 0 Å². The van der Waals surface area contributed by atoms with Gasteiger partial charge in [0.05, 0.1) is 0 Å². The van der Waals surface area contributed by atoms with Gasteiger partial charge in [-0.1, -0.05) is 23.3 Å². The van der Waals surface area contributed by atoms with Gasteiger partial charge in [-0.05, 0) is 30.7 Å². The van der Waals surface area contributed by atoms with Crippen LogP contribution in [0.25, 0.3) is 21.8 Å². The maximum Gasteiger partial charge on any atom is 0.134 e. The number of hydrogen-bond acceptors (Lipinski definition) is 2. The Kier molecular flexibility index (Phi) is 2.44. The third-order valence-corrected chi connectivity index (χ3v) is 2.03. The Balaban J connectivity index is 2.44. The van der Waals surface area contributed by atoms with Gasteiger partial charge in [0.15, 0.2) is 0 Å². The highest BCUT2D eigenvalue weighted by Crippen LogP contribution is 2.25. The van der Waals surface area contributed by atoms with Crippen molar-refractivity contribution >= 4 is 5.69 Å². The molecule has 0 spiro atoms. The molecule has 0 unspecified atom stereocenters. The molecule has 2 rings (SSSR count). The Morgan fingerprint density at radius 1 is 1.27 bits per heavy atom. The van der Waals surface area contributed by atoms with Crippen LogP contribution in [0.15, 0.2) is 45.9 Å². The lowest BCUT2D eigenvalue weighted by molar-refractivity contribution is 0.548. The predicted molar refractivity (Wildman–Crippen MR) is 57.7 cm³/mol. The number of furan rings is 1. The van der Waals surface area contributed by atoms with E-state index < -0.39 is 0 Å². The third-order valence-electron chi connectivity index (χ3n) is 2.03. The average molecular weight is 199 g/mol. The zero-order valence-corrected chi connectivity index (χ0v) is 8.21. The second-order valence-corrected chi connectivity index (χ2v) is 3.15. The maximum absolute atomic E-state index is 8.32. The van der Waals surface area contributed by atoms with Crippen molar-refractivity contribution in [2.75, 3.05) is 0 Å². The van der Waals surface area contributed by atoms with Crippen molar-refractivity contribution in [3.8, 4) is 11.3 Å². The lowest BCUT2D eigenvalue weighted by atomic mass is 10.1. The van der Waals surface area contributed by atoms with Crippen LogP contribution in [0.1, 0.15) is 5.76 Å². The van der Waals surface area contributed by atoms with Crippen LogP contribution in [0.3, 0.4) is 0 Å². The highest BCUT2D eigenvalue weighted by atomic mass is 16.3. The maximum atomic E-state index is 8.32. The van der Waals surface area contributed by atoms with Crippen molar-refractivity contribution in [1.82, 2.24) is 0 Å². The monoisotopic (exact) mass is 199 g/mol. The quantitative estimate of drug-likeness (QED) is 0.406. The molecular formula is C11H9N3O. The molecule has 0 saturated carbocycles. The Hall–Kier alpha value is -2.19.